The minimum Gasteiger partial charge on any atom is -0.383 e. The molecule has 1 saturated heterocycles. The summed E-state index contributed by atoms with van der Waals surface area (Å²) in [5.74, 6) is 0.0756. The van der Waals surface area contributed by atoms with E-state index in [9.17, 15) is 4.79 Å². The van der Waals surface area contributed by atoms with Crippen molar-refractivity contribution in [1.29, 1.82) is 0 Å². The van der Waals surface area contributed by atoms with Crippen molar-refractivity contribution >= 4 is 16.8 Å². The molecule has 8 nitrogen and oxygen atoms in total. The summed E-state index contributed by atoms with van der Waals surface area (Å²) >= 11 is 0. The molecule has 176 valence electrons. The normalized spacial score (nSPS) is 17.9. The molecule has 33 heavy (non-hydrogen) atoms. The molecule has 0 spiro atoms. The minimum absolute atomic E-state index is 0.0756. The molecule has 2 aliphatic rings. The van der Waals surface area contributed by atoms with Crippen LogP contribution in [0.25, 0.3) is 10.9 Å². The summed E-state index contributed by atoms with van der Waals surface area (Å²) in [6, 6.07) is 8.43. The summed E-state index contributed by atoms with van der Waals surface area (Å²) in [7, 11) is 3.83. The maximum atomic E-state index is 13.6. The number of carbonyl (C=O) groups excluding carboxylic acids is 1. The molecule has 0 aliphatic carbocycles. The van der Waals surface area contributed by atoms with Crippen LogP contribution in [0.3, 0.4) is 0 Å². The van der Waals surface area contributed by atoms with Gasteiger partial charge in [-0.2, -0.15) is 5.10 Å². The Kier molecular flexibility index (Phi) is 6.48. The summed E-state index contributed by atoms with van der Waals surface area (Å²) in [5.41, 5.74) is 5.38. The van der Waals surface area contributed by atoms with Gasteiger partial charge in [0.1, 0.15) is 0 Å². The fourth-order valence-electron chi connectivity index (χ4n) is 5.12. The van der Waals surface area contributed by atoms with Gasteiger partial charge >= 0.3 is 0 Å². The second-order valence-electron chi connectivity index (χ2n) is 9.26. The van der Waals surface area contributed by atoms with Crippen LogP contribution in [0.15, 0.2) is 30.5 Å². The van der Waals surface area contributed by atoms with Crippen LogP contribution < -0.4 is 0 Å². The molecule has 0 bridgehead atoms. The van der Waals surface area contributed by atoms with Crippen LogP contribution in [0.4, 0.5) is 0 Å². The molecule has 0 saturated carbocycles. The molecule has 1 amide bonds. The first-order valence-corrected chi connectivity index (χ1v) is 12.0. The van der Waals surface area contributed by atoms with E-state index >= 15 is 0 Å². The van der Waals surface area contributed by atoms with Crippen LogP contribution in [0.5, 0.6) is 0 Å². The number of hydrogen-bond acceptors (Lipinski definition) is 5. The van der Waals surface area contributed by atoms with Gasteiger partial charge in [-0.25, -0.2) is 0 Å². The molecule has 0 atom stereocenters. The summed E-state index contributed by atoms with van der Waals surface area (Å²) in [4.78, 5) is 23.7. The highest BCUT2D eigenvalue weighted by Gasteiger charge is 2.31. The lowest BCUT2D eigenvalue weighted by atomic mass is 10.0. The van der Waals surface area contributed by atoms with E-state index in [1.54, 1.807) is 7.11 Å². The number of fused-ring (bicyclic) bond motifs is 2. The van der Waals surface area contributed by atoms with E-state index in [1.165, 1.54) is 22.2 Å². The lowest BCUT2D eigenvalue weighted by Gasteiger charge is -2.28. The Hall–Kier alpha value is -2.68. The van der Waals surface area contributed by atoms with Crippen molar-refractivity contribution in [3.8, 4) is 0 Å². The van der Waals surface area contributed by atoms with E-state index in [1.807, 2.05) is 9.58 Å². The molecule has 1 aromatic carbocycles. The molecule has 0 radical (unpaired) electrons. The number of aromatic nitrogens is 3. The molecule has 2 aliphatic heterocycles. The Labute approximate surface area is 195 Å². The van der Waals surface area contributed by atoms with Crippen molar-refractivity contribution in [2.75, 3.05) is 53.5 Å². The monoisotopic (exact) mass is 450 g/mol. The van der Waals surface area contributed by atoms with Crippen molar-refractivity contribution in [1.82, 2.24) is 29.5 Å². The largest absolute Gasteiger partial charge is 0.383 e. The van der Waals surface area contributed by atoms with Gasteiger partial charge < -0.3 is 19.5 Å². The molecule has 5 rings (SSSR count). The number of nitrogens with zero attached hydrogens (tertiary/aromatic N) is 5. The Balaban J connectivity index is 1.40. The smallest absolute Gasteiger partial charge is 0.274 e. The molecule has 8 heteroatoms. The molecule has 0 unspecified atom stereocenters. The SMILES string of the molecule is COCCn1nc(C(=O)N2CCCN(C)CC2)c2c1CCN(Cc1c[nH]c3ccccc13)C2. The van der Waals surface area contributed by atoms with Crippen molar-refractivity contribution < 1.29 is 9.53 Å². The predicted octanol–water partition coefficient (Wildman–Crippen LogP) is 2.35. The third-order valence-corrected chi connectivity index (χ3v) is 7.00. The average Bonchev–Trinajstić information content (AvgIpc) is 3.32. The van der Waals surface area contributed by atoms with E-state index in [2.05, 4.69) is 52.3 Å². The lowest BCUT2D eigenvalue weighted by Crippen LogP contribution is -2.36. The van der Waals surface area contributed by atoms with E-state index in [4.69, 9.17) is 9.84 Å². The second kappa shape index (κ2) is 9.67. The summed E-state index contributed by atoms with van der Waals surface area (Å²) in [6.07, 6.45) is 4.01. The predicted molar refractivity (Wildman–Crippen MR) is 128 cm³/mol. The van der Waals surface area contributed by atoms with Crippen LogP contribution >= 0.6 is 0 Å². The average molecular weight is 451 g/mol. The molecular formula is C25H34N6O2. The van der Waals surface area contributed by atoms with E-state index in [0.717, 1.165) is 64.2 Å². The second-order valence-corrected chi connectivity index (χ2v) is 9.26. The van der Waals surface area contributed by atoms with Crippen molar-refractivity contribution in [2.45, 2.75) is 32.5 Å². The number of nitrogens with one attached hydrogen (secondary N) is 1. The zero-order chi connectivity index (χ0) is 22.8. The Bertz CT molecular complexity index is 1120. The lowest BCUT2D eigenvalue weighted by molar-refractivity contribution is 0.0753. The van der Waals surface area contributed by atoms with E-state index < -0.39 is 0 Å². The fraction of sp³-hybridized carbons (Fsp3) is 0.520. The van der Waals surface area contributed by atoms with Gasteiger partial charge in [-0.1, -0.05) is 18.2 Å². The standard InChI is InChI=1S/C25H34N6O2/c1-28-9-5-10-30(13-12-28)25(32)24-21-18-29(11-8-23(21)31(27-24)14-15-33-2)17-19-16-26-22-7-4-3-6-20(19)22/h3-4,6-7,16,26H,5,8-15,17-18H2,1-2H3. The first-order chi connectivity index (χ1) is 16.1. The quantitative estimate of drug-likeness (QED) is 0.624. The number of ether oxygens (including phenoxy) is 1. The summed E-state index contributed by atoms with van der Waals surface area (Å²) in [5, 5.41) is 6.10. The van der Waals surface area contributed by atoms with Crippen molar-refractivity contribution in [3.05, 3.63) is 53.0 Å². The van der Waals surface area contributed by atoms with Gasteiger partial charge in [-0.05, 0) is 31.6 Å². The number of likely N-dealkylation sites (N-methyl/N-ethyl adjacent to an activating group) is 1. The molecule has 2 aromatic heterocycles. The van der Waals surface area contributed by atoms with Gasteiger partial charge in [0.05, 0.1) is 13.2 Å². The molecule has 4 heterocycles. The zero-order valence-electron chi connectivity index (χ0n) is 19.7. The van der Waals surface area contributed by atoms with Gasteiger partial charge in [0, 0.05) is 81.2 Å². The highest BCUT2D eigenvalue weighted by Crippen LogP contribution is 2.27. The number of amides is 1. The minimum atomic E-state index is 0.0756. The van der Waals surface area contributed by atoms with Gasteiger partial charge in [0.15, 0.2) is 5.69 Å². The van der Waals surface area contributed by atoms with Crippen molar-refractivity contribution in [2.24, 2.45) is 0 Å². The molecule has 1 N–H and O–H groups in total. The maximum absolute atomic E-state index is 13.6. The molecule has 3 aromatic rings. The summed E-state index contributed by atoms with van der Waals surface area (Å²) in [6.45, 7) is 7.31. The van der Waals surface area contributed by atoms with Crippen LogP contribution in [-0.4, -0.2) is 88.9 Å². The third kappa shape index (κ3) is 4.55. The number of hydrogen-bond donors (Lipinski definition) is 1. The Morgan fingerprint density at radius 1 is 1.15 bits per heavy atom. The Morgan fingerprint density at radius 2 is 2.03 bits per heavy atom. The zero-order valence-corrected chi connectivity index (χ0v) is 19.7. The van der Waals surface area contributed by atoms with Gasteiger partial charge in [0.25, 0.3) is 5.91 Å². The van der Waals surface area contributed by atoms with E-state index in [0.29, 0.717) is 18.8 Å². The van der Waals surface area contributed by atoms with Crippen LogP contribution in [0, 0.1) is 0 Å². The third-order valence-electron chi connectivity index (χ3n) is 7.00. The first-order valence-electron chi connectivity index (χ1n) is 12.0. The molecular weight excluding hydrogens is 416 g/mol. The number of aromatic amines is 1. The highest BCUT2D eigenvalue weighted by molar-refractivity contribution is 5.94. The first kappa shape index (κ1) is 22.1. The van der Waals surface area contributed by atoms with Gasteiger partial charge in [0.2, 0.25) is 0 Å². The number of carbonyl (C=O) groups is 1. The number of rotatable bonds is 6. The highest BCUT2D eigenvalue weighted by atomic mass is 16.5. The fourth-order valence-corrected chi connectivity index (χ4v) is 5.12. The molecule has 1 fully saturated rings. The number of methoxy groups -OCH3 is 1. The maximum Gasteiger partial charge on any atom is 0.274 e. The van der Waals surface area contributed by atoms with Gasteiger partial charge in [-0.3, -0.25) is 14.4 Å². The number of H-pyrrole nitrogens is 1. The van der Waals surface area contributed by atoms with Crippen LogP contribution in [-0.2, 0) is 30.8 Å². The van der Waals surface area contributed by atoms with Crippen molar-refractivity contribution in [3.63, 3.8) is 0 Å². The Morgan fingerprint density at radius 3 is 2.91 bits per heavy atom. The van der Waals surface area contributed by atoms with Gasteiger partial charge in [-0.15, -0.1) is 0 Å². The number of para-hydroxylation sites is 1. The van der Waals surface area contributed by atoms with Crippen LogP contribution in [0.2, 0.25) is 0 Å². The summed E-state index contributed by atoms with van der Waals surface area (Å²) < 4.78 is 7.32. The van der Waals surface area contributed by atoms with E-state index in [-0.39, 0.29) is 5.91 Å². The topological polar surface area (TPSA) is 69.6 Å². The van der Waals surface area contributed by atoms with Crippen LogP contribution in [0.1, 0.15) is 33.7 Å². The number of benzene rings is 1.